The number of aliphatic hydroxyl groups is 1. The summed E-state index contributed by atoms with van der Waals surface area (Å²) in [5.74, 6) is 0.726. The van der Waals surface area contributed by atoms with Gasteiger partial charge in [-0.25, -0.2) is 0 Å². The van der Waals surface area contributed by atoms with Crippen molar-refractivity contribution in [3.05, 3.63) is 62.2 Å². The van der Waals surface area contributed by atoms with E-state index in [1.165, 1.54) is 0 Å². The van der Waals surface area contributed by atoms with E-state index in [4.69, 9.17) is 16.3 Å². The molecule has 0 fully saturated rings. The average Bonchev–Trinajstić information content (AvgIpc) is 2.41. The molecule has 0 amide bonds. The van der Waals surface area contributed by atoms with E-state index in [1.54, 1.807) is 13.2 Å². The Balaban J connectivity index is 2.40. The maximum Gasteiger partial charge on any atom is 0.119 e. The van der Waals surface area contributed by atoms with Crippen LogP contribution in [-0.2, 0) is 0 Å². The first-order valence-electron chi connectivity index (χ1n) is 5.39. The van der Waals surface area contributed by atoms with Crippen molar-refractivity contribution in [1.82, 2.24) is 0 Å². The molecular formula is C14H12ClIO2. The van der Waals surface area contributed by atoms with Crippen LogP contribution >= 0.6 is 34.2 Å². The van der Waals surface area contributed by atoms with Gasteiger partial charge in [0.25, 0.3) is 0 Å². The molecule has 0 radical (unpaired) electrons. The zero-order valence-electron chi connectivity index (χ0n) is 9.73. The van der Waals surface area contributed by atoms with Crippen LogP contribution in [0.5, 0.6) is 5.75 Å². The lowest BCUT2D eigenvalue weighted by Crippen LogP contribution is -2.02. The third-order valence-electron chi connectivity index (χ3n) is 2.66. The first kappa shape index (κ1) is 13.6. The van der Waals surface area contributed by atoms with Gasteiger partial charge in [0, 0.05) is 8.59 Å². The first-order chi connectivity index (χ1) is 8.61. The molecule has 0 heterocycles. The van der Waals surface area contributed by atoms with Crippen molar-refractivity contribution in [2.24, 2.45) is 0 Å². The number of halogens is 2. The molecule has 0 aliphatic heterocycles. The van der Waals surface area contributed by atoms with E-state index >= 15 is 0 Å². The van der Waals surface area contributed by atoms with Gasteiger partial charge in [0.2, 0.25) is 0 Å². The molecule has 2 aromatic carbocycles. The molecule has 0 bridgehead atoms. The minimum Gasteiger partial charge on any atom is -0.497 e. The summed E-state index contributed by atoms with van der Waals surface area (Å²) in [5, 5.41) is 11.0. The predicted octanol–water partition coefficient (Wildman–Crippen LogP) is 4.03. The van der Waals surface area contributed by atoms with E-state index < -0.39 is 6.10 Å². The molecule has 1 atom stereocenters. The minimum absolute atomic E-state index is 0.618. The van der Waals surface area contributed by atoms with E-state index in [0.717, 1.165) is 20.4 Å². The smallest absolute Gasteiger partial charge is 0.119 e. The van der Waals surface area contributed by atoms with E-state index in [0.29, 0.717) is 5.02 Å². The molecule has 94 valence electrons. The third kappa shape index (κ3) is 2.96. The Morgan fingerprint density at radius 3 is 2.72 bits per heavy atom. The zero-order valence-corrected chi connectivity index (χ0v) is 12.6. The van der Waals surface area contributed by atoms with Crippen LogP contribution in [0.15, 0.2) is 42.5 Å². The summed E-state index contributed by atoms with van der Waals surface area (Å²) in [6.45, 7) is 0. The lowest BCUT2D eigenvalue weighted by Gasteiger charge is -2.14. The SMILES string of the molecule is COc1cccc(C(O)c2cc(Cl)ccc2I)c1. The van der Waals surface area contributed by atoms with Crippen molar-refractivity contribution < 1.29 is 9.84 Å². The van der Waals surface area contributed by atoms with Crippen LogP contribution < -0.4 is 4.74 Å². The summed E-state index contributed by atoms with van der Waals surface area (Å²) >= 11 is 8.15. The van der Waals surface area contributed by atoms with Crippen LogP contribution in [0, 0.1) is 3.57 Å². The summed E-state index contributed by atoms with van der Waals surface area (Å²) in [4.78, 5) is 0. The molecule has 1 unspecified atom stereocenters. The second-order valence-electron chi connectivity index (χ2n) is 3.84. The first-order valence-corrected chi connectivity index (χ1v) is 6.84. The Kier molecular flexibility index (Phi) is 4.48. The molecule has 18 heavy (non-hydrogen) atoms. The van der Waals surface area contributed by atoms with Crippen molar-refractivity contribution in [2.45, 2.75) is 6.10 Å². The number of methoxy groups -OCH3 is 1. The molecule has 0 saturated carbocycles. The maximum atomic E-state index is 10.4. The Labute approximate surface area is 125 Å². The molecule has 4 heteroatoms. The largest absolute Gasteiger partial charge is 0.497 e. The van der Waals surface area contributed by atoms with Gasteiger partial charge < -0.3 is 9.84 Å². The number of aliphatic hydroxyl groups excluding tert-OH is 1. The van der Waals surface area contributed by atoms with Gasteiger partial charge in [0.1, 0.15) is 11.9 Å². The molecule has 2 nitrogen and oxygen atoms in total. The standard InChI is InChI=1S/C14H12ClIO2/c1-18-11-4-2-3-9(7-11)14(17)12-8-10(15)5-6-13(12)16/h2-8,14,17H,1H3. The highest BCUT2D eigenvalue weighted by Crippen LogP contribution is 2.30. The van der Waals surface area contributed by atoms with Crippen molar-refractivity contribution in [1.29, 1.82) is 0 Å². The molecule has 1 N–H and O–H groups in total. The topological polar surface area (TPSA) is 29.5 Å². The molecule has 2 rings (SSSR count). The Bertz CT molecular complexity index is 557. The number of ether oxygens (including phenoxy) is 1. The van der Waals surface area contributed by atoms with Gasteiger partial charge in [-0.1, -0.05) is 23.7 Å². The Morgan fingerprint density at radius 1 is 1.22 bits per heavy atom. The molecule has 0 aliphatic carbocycles. The molecular weight excluding hydrogens is 363 g/mol. The van der Waals surface area contributed by atoms with Gasteiger partial charge in [0.05, 0.1) is 7.11 Å². The van der Waals surface area contributed by atoms with E-state index in [2.05, 4.69) is 22.6 Å². The Hall–Kier alpha value is -0.780. The number of rotatable bonds is 3. The second kappa shape index (κ2) is 5.91. The highest BCUT2D eigenvalue weighted by atomic mass is 127. The van der Waals surface area contributed by atoms with Crippen LogP contribution in [-0.4, -0.2) is 12.2 Å². The van der Waals surface area contributed by atoms with Crippen molar-refractivity contribution >= 4 is 34.2 Å². The fourth-order valence-electron chi connectivity index (χ4n) is 1.72. The zero-order chi connectivity index (χ0) is 13.1. The fraction of sp³-hybridized carbons (Fsp3) is 0.143. The summed E-state index contributed by atoms with van der Waals surface area (Å²) in [5.41, 5.74) is 1.59. The van der Waals surface area contributed by atoms with Gasteiger partial charge in [0.15, 0.2) is 0 Å². The molecule has 0 spiro atoms. The average molecular weight is 375 g/mol. The normalized spacial score (nSPS) is 12.2. The van der Waals surface area contributed by atoms with Crippen LogP contribution in [0.2, 0.25) is 5.02 Å². The number of hydrogen-bond donors (Lipinski definition) is 1. The van der Waals surface area contributed by atoms with Crippen molar-refractivity contribution in [3.8, 4) is 5.75 Å². The van der Waals surface area contributed by atoms with Crippen LogP contribution in [0.4, 0.5) is 0 Å². The lowest BCUT2D eigenvalue weighted by molar-refractivity contribution is 0.219. The quantitative estimate of drug-likeness (QED) is 0.822. The highest BCUT2D eigenvalue weighted by Gasteiger charge is 2.14. The molecule has 0 saturated heterocycles. The monoisotopic (exact) mass is 374 g/mol. The fourth-order valence-corrected chi connectivity index (χ4v) is 2.53. The van der Waals surface area contributed by atoms with Gasteiger partial charge >= 0.3 is 0 Å². The molecule has 2 aromatic rings. The van der Waals surface area contributed by atoms with E-state index in [-0.39, 0.29) is 0 Å². The maximum absolute atomic E-state index is 10.4. The van der Waals surface area contributed by atoms with Crippen LogP contribution in [0.3, 0.4) is 0 Å². The Morgan fingerprint density at radius 2 is 2.00 bits per heavy atom. The van der Waals surface area contributed by atoms with Gasteiger partial charge in [-0.15, -0.1) is 0 Å². The highest BCUT2D eigenvalue weighted by molar-refractivity contribution is 14.1. The second-order valence-corrected chi connectivity index (χ2v) is 5.44. The van der Waals surface area contributed by atoms with Crippen molar-refractivity contribution in [2.75, 3.05) is 7.11 Å². The summed E-state index contributed by atoms with van der Waals surface area (Å²) in [6.07, 6.45) is -0.703. The van der Waals surface area contributed by atoms with E-state index in [1.807, 2.05) is 36.4 Å². The van der Waals surface area contributed by atoms with E-state index in [9.17, 15) is 5.11 Å². The summed E-state index contributed by atoms with van der Waals surface area (Å²) in [7, 11) is 1.61. The summed E-state index contributed by atoms with van der Waals surface area (Å²) < 4.78 is 6.13. The number of benzene rings is 2. The number of hydrogen-bond acceptors (Lipinski definition) is 2. The van der Waals surface area contributed by atoms with Gasteiger partial charge in [-0.05, 0) is 64.0 Å². The van der Waals surface area contributed by atoms with Gasteiger partial charge in [-0.3, -0.25) is 0 Å². The molecule has 0 aliphatic rings. The molecule has 0 aromatic heterocycles. The van der Waals surface area contributed by atoms with Crippen LogP contribution in [0.1, 0.15) is 17.2 Å². The summed E-state index contributed by atoms with van der Waals surface area (Å²) in [6, 6.07) is 12.9. The third-order valence-corrected chi connectivity index (χ3v) is 3.88. The van der Waals surface area contributed by atoms with Crippen LogP contribution in [0.25, 0.3) is 0 Å². The lowest BCUT2D eigenvalue weighted by atomic mass is 10.0. The predicted molar refractivity (Wildman–Crippen MR) is 81.2 cm³/mol. The minimum atomic E-state index is -0.703. The van der Waals surface area contributed by atoms with Gasteiger partial charge in [-0.2, -0.15) is 0 Å². The van der Waals surface area contributed by atoms with Crippen molar-refractivity contribution in [3.63, 3.8) is 0 Å².